The van der Waals surface area contributed by atoms with Crippen LogP contribution in [0.5, 0.6) is 0 Å². The molecule has 1 aromatic carbocycles. The first-order valence-corrected chi connectivity index (χ1v) is 15.3. The summed E-state index contributed by atoms with van der Waals surface area (Å²) in [4.78, 5) is 43.5. The second-order valence-corrected chi connectivity index (χ2v) is 12.4. The molecular formula is C27H44N8O6S. The van der Waals surface area contributed by atoms with Crippen LogP contribution in [-0.2, 0) is 29.1 Å². The van der Waals surface area contributed by atoms with E-state index in [1.807, 2.05) is 0 Å². The number of sulfonamides is 1. The van der Waals surface area contributed by atoms with Gasteiger partial charge in [0.2, 0.25) is 27.7 Å². The van der Waals surface area contributed by atoms with Crippen LogP contribution in [0, 0.1) is 0 Å². The van der Waals surface area contributed by atoms with Crippen molar-refractivity contribution < 1.29 is 27.5 Å². The van der Waals surface area contributed by atoms with E-state index in [0.717, 1.165) is 0 Å². The zero-order valence-electron chi connectivity index (χ0n) is 25.1. The van der Waals surface area contributed by atoms with Gasteiger partial charge in [-0.25, -0.2) is 13.8 Å². The van der Waals surface area contributed by atoms with E-state index < -0.39 is 45.6 Å². The highest BCUT2D eigenvalue weighted by Gasteiger charge is 2.42. The van der Waals surface area contributed by atoms with E-state index in [4.69, 9.17) is 4.74 Å². The first-order valence-electron chi connectivity index (χ1n) is 13.8. The lowest BCUT2D eigenvalue weighted by Gasteiger charge is -2.42. The average molecular weight is 609 g/mol. The van der Waals surface area contributed by atoms with Crippen molar-refractivity contribution in [1.29, 1.82) is 0 Å². The third-order valence-corrected chi connectivity index (χ3v) is 7.67. The van der Waals surface area contributed by atoms with Crippen molar-refractivity contribution >= 4 is 39.9 Å². The molecule has 0 bridgehead atoms. The summed E-state index contributed by atoms with van der Waals surface area (Å²) < 4.78 is 34.3. The highest BCUT2D eigenvalue weighted by atomic mass is 32.2. The molecular weight excluding hydrogens is 564 g/mol. The van der Waals surface area contributed by atoms with Gasteiger partial charge < -0.3 is 25.6 Å². The van der Waals surface area contributed by atoms with Crippen LogP contribution in [0.2, 0.25) is 0 Å². The summed E-state index contributed by atoms with van der Waals surface area (Å²) >= 11 is 0. The van der Waals surface area contributed by atoms with Crippen LogP contribution in [0.4, 0.5) is 0 Å². The van der Waals surface area contributed by atoms with Crippen LogP contribution in [0.25, 0.3) is 0 Å². The number of benzene rings is 1. The predicted octanol–water partition coefficient (Wildman–Crippen LogP) is -0.0688. The van der Waals surface area contributed by atoms with Gasteiger partial charge in [0.15, 0.2) is 5.96 Å². The Bertz CT molecular complexity index is 1220. The largest absolute Gasteiger partial charge is 0.374 e. The van der Waals surface area contributed by atoms with Crippen molar-refractivity contribution in [3.63, 3.8) is 0 Å². The number of nitrogens with zero attached hydrogens (tertiary/aromatic N) is 3. The third-order valence-electron chi connectivity index (χ3n) is 6.19. The van der Waals surface area contributed by atoms with E-state index in [0.29, 0.717) is 31.8 Å². The molecule has 1 fully saturated rings. The lowest BCUT2D eigenvalue weighted by Crippen LogP contribution is -2.64. The van der Waals surface area contributed by atoms with Gasteiger partial charge in [-0.3, -0.25) is 19.4 Å². The predicted molar refractivity (Wildman–Crippen MR) is 160 cm³/mol. The number of guanidine groups is 1. The zero-order valence-corrected chi connectivity index (χ0v) is 26.0. The number of nitrogens with one attached hydrogen (secondary N) is 5. The van der Waals surface area contributed by atoms with E-state index in [2.05, 4.69) is 36.2 Å². The van der Waals surface area contributed by atoms with Gasteiger partial charge in [0.1, 0.15) is 12.1 Å². The SMILES string of the molecule is CN=C(NC)NCCCC(/C=N/NC(C)=O)NC(=O)C1CCN1C(=O)C(COC(C)(C)C)NS(=O)(=O)c1ccccc1. The molecule has 0 saturated carbocycles. The molecule has 0 aromatic heterocycles. The molecule has 0 aliphatic carbocycles. The highest BCUT2D eigenvalue weighted by molar-refractivity contribution is 7.89. The molecule has 3 amide bonds. The van der Waals surface area contributed by atoms with E-state index in [1.54, 1.807) is 53.1 Å². The minimum atomic E-state index is -4.04. The summed E-state index contributed by atoms with van der Waals surface area (Å²) in [5, 5.41) is 12.8. The first-order chi connectivity index (χ1) is 19.8. The molecule has 1 heterocycles. The maximum absolute atomic E-state index is 13.6. The molecule has 0 radical (unpaired) electrons. The van der Waals surface area contributed by atoms with Gasteiger partial charge >= 0.3 is 0 Å². The number of amides is 3. The van der Waals surface area contributed by atoms with Crippen LogP contribution in [-0.4, -0.2) is 101 Å². The lowest BCUT2D eigenvalue weighted by molar-refractivity contribution is -0.150. The summed E-state index contributed by atoms with van der Waals surface area (Å²) in [6.07, 6.45) is 2.97. The van der Waals surface area contributed by atoms with Gasteiger partial charge in [-0.15, -0.1) is 0 Å². The molecule has 1 aliphatic rings. The van der Waals surface area contributed by atoms with Crippen molar-refractivity contribution in [3.8, 4) is 0 Å². The summed E-state index contributed by atoms with van der Waals surface area (Å²) in [7, 11) is -0.636. The van der Waals surface area contributed by atoms with Crippen molar-refractivity contribution in [1.82, 2.24) is 31.0 Å². The molecule has 1 saturated heterocycles. The van der Waals surface area contributed by atoms with Crippen LogP contribution in [0.3, 0.4) is 0 Å². The molecule has 2 rings (SSSR count). The summed E-state index contributed by atoms with van der Waals surface area (Å²) in [6, 6.07) is 5.16. The van der Waals surface area contributed by atoms with Crippen LogP contribution in [0.1, 0.15) is 47.0 Å². The smallest absolute Gasteiger partial charge is 0.243 e. The minimum Gasteiger partial charge on any atom is -0.374 e. The Morgan fingerprint density at radius 3 is 2.43 bits per heavy atom. The second-order valence-electron chi connectivity index (χ2n) is 10.7. The molecule has 15 heteroatoms. The van der Waals surface area contributed by atoms with E-state index in [1.165, 1.54) is 30.2 Å². The number of aliphatic imine (C=N–C) groups is 1. The first kappa shape index (κ1) is 34.6. The molecule has 1 aromatic rings. The van der Waals surface area contributed by atoms with Crippen molar-refractivity contribution in [2.24, 2.45) is 10.1 Å². The Balaban J connectivity index is 2.13. The number of rotatable bonds is 14. The molecule has 42 heavy (non-hydrogen) atoms. The number of ether oxygens (including phenoxy) is 1. The fourth-order valence-electron chi connectivity index (χ4n) is 3.96. The highest BCUT2D eigenvalue weighted by Crippen LogP contribution is 2.21. The van der Waals surface area contributed by atoms with Crippen molar-refractivity contribution in [3.05, 3.63) is 30.3 Å². The Morgan fingerprint density at radius 1 is 1.19 bits per heavy atom. The van der Waals surface area contributed by atoms with Gasteiger partial charge in [-0.1, -0.05) is 18.2 Å². The van der Waals surface area contributed by atoms with Crippen molar-refractivity contribution in [2.45, 2.75) is 75.6 Å². The summed E-state index contributed by atoms with van der Waals surface area (Å²) in [5.41, 5.74) is 1.70. The van der Waals surface area contributed by atoms with Crippen LogP contribution >= 0.6 is 0 Å². The maximum Gasteiger partial charge on any atom is 0.243 e. The molecule has 3 atom stereocenters. The number of carbonyl (C=O) groups excluding carboxylic acids is 3. The molecule has 14 nitrogen and oxygen atoms in total. The molecule has 3 unspecified atom stereocenters. The van der Waals surface area contributed by atoms with E-state index >= 15 is 0 Å². The number of carbonyl (C=O) groups is 3. The maximum atomic E-state index is 13.6. The lowest BCUT2D eigenvalue weighted by atomic mass is 9.99. The summed E-state index contributed by atoms with van der Waals surface area (Å²) in [5.74, 6) is -0.697. The van der Waals surface area contributed by atoms with Crippen molar-refractivity contribution in [2.75, 3.05) is 33.8 Å². The molecule has 0 spiro atoms. The minimum absolute atomic E-state index is 0.0132. The van der Waals surface area contributed by atoms with Gasteiger partial charge in [0, 0.05) is 40.3 Å². The normalized spacial score (nSPS) is 17.2. The van der Waals surface area contributed by atoms with Crippen LogP contribution in [0.15, 0.2) is 45.3 Å². The number of hydrogen-bond donors (Lipinski definition) is 5. The Labute approximate surface area is 248 Å². The number of hydrazone groups is 1. The zero-order chi connectivity index (χ0) is 31.3. The fourth-order valence-corrected chi connectivity index (χ4v) is 5.15. The quantitative estimate of drug-likeness (QED) is 0.0842. The Hall–Kier alpha value is -3.56. The van der Waals surface area contributed by atoms with Gasteiger partial charge in [-0.2, -0.15) is 9.82 Å². The van der Waals surface area contributed by atoms with Crippen LogP contribution < -0.4 is 26.1 Å². The Kier molecular flexibility index (Phi) is 13.3. The van der Waals surface area contributed by atoms with Gasteiger partial charge in [0.05, 0.1) is 23.1 Å². The van der Waals surface area contributed by atoms with E-state index in [-0.39, 0.29) is 24.0 Å². The molecule has 5 N–H and O–H groups in total. The standard InChI is InChI=1S/C27H44N8O6S/c1-19(36)33-31-17-20(11-10-15-30-26(28-5)29-6)32-24(37)23-14-16-35(23)25(38)22(18-41-27(2,3)4)34-42(39,40)21-12-8-7-9-13-21/h7-9,12-13,17,20,22-23,34H,10-11,14-16,18H2,1-6H3,(H,32,37)(H,33,36)(H2,28,29,30)/b31-17+. The number of hydrogen-bond acceptors (Lipinski definition) is 8. The monoisotopic (exact) mass is 608 g/mol. The second kappa shape index (κ2) is 16.2. The number of likely N-dealkylation sites (tertiary alicyclic amines) is 1. The topological polar surface area (TPSA) is 183 Å². The molecule has 1 aliphatic heterocycles. The van der Waals surface area contributed by atoms with Gasteiger partial charge in [-0.05, 0) is 52.2 Å². The fraction of sp³-hybridized carbons (Fsp3) is 0.593. The summed E-state index contributed by atoms with van der Waals surface area (Å²) in [6.45, 7) is 7.36. The average Bonchev–Trinajstić information content (AvgIpc) is 2.90. The van der Waals surface area contributed by atoms with Gasteiger partial charge in [0.25, 0.3) is 0 Å². The Morgan fingerprint density at radius 2 is 1.88 bits per heavy atom. The van der Waals surface area contributed by atoms with E-state index in [9.17, 15) is 22.8 Å². The third kappa shape index (κ3) is 11.4. The molecule has 234 valence electrons.